The van der Waals surface area contributed by atoms with Crippen molar-refractivity contribution in [2.75, 3.05) is 66.1 Å². The molecule has 3 fully saturated rings. The Morgan fingerprint density at radius 1 is 1.10 bits per heavy atom. The average Bonchev–Trinajstić information content (AvgIpc) is 3.19. The predicted molar refractivity (Wildman–Crippen MR) is 122 cm³/mol. The summed E-state index contributed by atoms with van der Waals surface area (Å²) in [6.45, 7) is 10.3. The highest BCUT2D eigenvalue weighted by Crippen LogP contribution is 2.41. The lowest BCUT2D eigenvalue weighted by Crippen LogP contribution is -2.52. The minimum absolute atomic E-state index is 0.321. The van der Waals surface area contributed by atoms with E-state index in [1.54, 1.807) is 7.11 Å². The summed E-state index contributed by atoms with van der Waals surface area (Å²) in [4.78, 5) is 21.9. The number of piperazine rings is 1. The number of hydrogen-bond donors (Lipinski definition) is 2. The molecule has 7 nitrogen and oxygen atoms in total. The average molecular weight is 422 g/mol. The van der Waals surface area contributed by atoms with Gasteiger partial charge in [-0.3, -0.25) is 14.7 Å². The number of aliphatic imine (C=N–C) groups is 1. The van der Waals surface area contributed by atoms with Crippen LogP contribution in [0.2, 0.25) is 0 Å². The van der Waals surface area contributed by atoms with Gasteiger partial charge in [0.1, 0.15) is 0 Å². The molecule has 1 heterocycles. The van der Waals surface area contributed by atoms with Crippen LogP contribution in [0.15, 0.2) is 4.99 Å². The second kappa shape index (κ2) is 11.9. The third kappa shape index (κ3) is 6.58. The van der Waals surface area contributed by atoms with E-state index in [1.165, 1.54) is 32.1 Å². The number of amides is 1. The van der Waals surface area contributed by atoms with Crippen molar-refractivity contribution >= 4 is 11.9 Å². The summed E-state index contributed by atoms with van der Waals surface area (Å²) in [5, 5.41) is 6.92. The Labute approximate surface area is 183 Å². The highest BCUT2D eigenvalue weighted by atomic mass is 16.5. The Kier molecular flexibility index (Phi) is 9.25. The number of nitrogens with one attached hydrogen (secondary N) is 2. The Morgan fingerprint density at radius 3 is 2.43 bits per heavy atom. The summed E-state index contributed by atoms with van der Waals surface area (Å²) >= 11 is 0. The molecule has 0 bridgehead atoms. The summed E-state index contributed by atoms with van der Waals surface area (Å²) in [5.41, 5.74) is 0.321. The lowest BCUT2D eigenvalue weighted by atomic mass is 9.83. The monoisotopic (exact) mass is 421 g/mol. The molecular weight excluding hydrogens is 378 g/mol. The standard InChI is InChI=1S/C23H43N5O2/c1-3-24-22(26-19-23(11-18-30-2)9-4-5-10-23)25-12-13-27-14-16-28(17-15-27)21(29)20-7-6-8-20/h20H,3-19H2,1-2H3,(H2,24,25,26). The van der Waals surface area contributed by atoms with E-state index in [1.807, 2.05) is 0 Å². The van der Waals surface area contributed by atoms with Gasteiger partial charge in [0.05, 0.1) is 0 Å². The Balaban J connectivity index is 1.39. The van der Waals surface area contributed by atoms with Gasteiger partial charge in [-0.15, -0.1) is 0 Å². The van der Waals surface area contributed by atoms with E-state index in [0.29, 0.717) is 17.2 Å². The molecule has 1 amide bonds. The fourth-order valence-corrected chi connectivity index (χ4v) is 4.96. The zero-order valence-corrected chi connectivity index (χ0v) is 19.3. The van der Waals surface area contributed by atoms with Crippen molar-refractivity contribution in [3.8, 4) is 0 Å². The third-order valence-electron chi connectivity index (χ3n) is 7.28. The Hall–Kier alpha value is -1.34. The van der Waals surface area contributed by atoms with E-state index < -0.39 is 0 Å². The van der Waals surface area contributed by atoms with Crippen LogP contribution in [0, 0.1) is 11.3 Å². The first-order valence-electron chi connectivity index (χ1n) is 12.2. The molecule has 1 aliphatic heterocycles. The van der Waals surface area contributed by atoms with Crippen LogP contribution in [0.5, 0.6) is 0 Å². The van der Waals surface area contributed by atoms with Crippen LogP contribution in [0.3, 0.4) is 0 Å². The van der Waals surface area contributed by atoms with Crippen LogP contribution in [0.25, 0.3) is 0 Å². The molecule has 0 aromatic rings. The zero-order valence-electron chi connectivity index (χ0n) is 19.3. The van der Waals surface area contributed by atoms with Crippen molar-refractivity contribution in [2.24, 2.45) is 16.3 Å². The van der Waals surface area contributed by atoms with Crippen molar-refractivity contribution in [3.05, 3.63) is 0 Å². The number of methoxy groups -OCH3 is 1. The first-order valence-corrected chi connectivity index (χ1v) is 12.2. The third-order valence-corrected chi connectivity index (χ3v) is 7.28. The van der Waals surface area contributed by atoms with Gasteiger partial charge in [0.25, 0.3) is 0 Å². The number of carbonyl (C=O) groups excluding carboxylic acids is 1. The molecule has 7 heteroatoms. The maximum atomic E-state index is 12.4. The molecule has 0 aromatic carbocycles. The van der Waals surface area contributed by atoms with Gasteiger partial charge in [-0.05, 0) is 44.4 Å². The van der Waals surface area contributed by atoms with Crippen LogP contribution in [0.4, 0.5) is 0 Å². The first kappa shape index (κ1) is 23.3. The van der Waals surface area contributed by atoms with E-state index in [9.17, 15) is 4.79 Å². The van der Waals surface area contributed by atoms with Crippen molar-refractivity contribution in [1.82, 2.24) is 20.4 Å². The largest absolute Gasteiger partial charge is 0.385 e. The molecule has 0 atom stereocenters. The molecule has 0 spiro atoms. The fourth-order valence-electron chi connectivity index (χ4n) is 4.96. The van der Waals surface area contributed by atoms with Gasteiger partial charge < -0.3 is 20.3 Å². The first-order chi connectivity index (χ1) is 14.7. The molecule has 0 unspecified atom stereocenters. The SMILES string of the molecule is CCNC(=NCC1(CCOC)CCCC1)NCCN1CCN(C(=O)C2CCC2)CC1. The van der Waals surface area contributed by atoms with Crippen LogP contribution in [-0.2, 0) is 9.53 Å². The molecule has 0 aromatic heterocycles. The summed E-state index contributed by atoms with van der Waals surface area (Å²) in [6.07, 6.45) is 9.70. The highest BCUT2D eigenvalue weighted by Gasteiger charge is 2.33. The van der Waals surface area contributed by atoms with Gasteiger partial charge in [0.15, 0.2) is 5.96 Å². The number of nitrogens with zero attached hydrogens (tertiary/aromatic N) is 3. The molecular formula is C23H43N5O2. The summed E-state index contributed by atoms with van der Waals surface area (Å²) in [6, 6.07) is 0. The second-order valence-electron chi connectivity index (χ2n) is 9.37. The molecule has 0 radical (unpaired) electrons. The maximum Gasteiger partial charge on any atom is 0.225 e. The summed E-state index contributed by atoms with van der Waals surface area (Å²) < 4.78 is 5.35. The number of ether oxygens (including phenoxy) is 1. The van der Waals surface area contributed by atoms with Gasteiger partial charge in [-0.1, -0.05) is 19.3 Å². The quantitative estimate of drug-likeness (QED) is 0.418. The summed E-state index contributed by atoms with van der Waals surface area (Å²) in [5.74, 6) is 1.65. The van der Waals surface area contributed by atoms with E-state index >= 15 is 0 Å². The minimum Gasteiger partial charge on any atom is -0.385 e. The van der Waals surface area contributed by atoms with Gasteiger partial charge in [0.2, 0.25) is 5.91 Å². The highest BCUT2D eigenvalue weighted by molar-refractivity contribution is 5.80. The number of guanidine groups is 1. The van der Waals surface area contributed by atoms with Crippen molar-refractivity contribution in [1.29, 1.82) is 0 Å². The predicted octanol–water partition coefficient (Wildman–Crippen LogP) is 2.08. The molecule has 3 rings (SSSR count). The lowest BCUT2D eigenvalue weighted by Gasteiger charge is -2.38. The van der Waals surface area contributed by atoms with Crippen molar-refractivity contribution in [3.63, 3.8) is 0 Å². The van der Waals surface area contributed by atoms with Gasteiger partial charge in [-0.2, -0.15) is 0 Å². The zero-order chi connectivity index (χ0) is 21.2. The minimum atomic E-state index is 0.321. The Morgan fingerprint density at radius 2 is 1.83 bits per heavy atom. The van der Waals surface area contributed by atoms with Crippen LogP contribution in [-0.4, -0.2) is 87.7 Å². The Bertz CT molecular complexity index is 550. The van der Waals surface area contributed by atoms with Gasteiger partial charge in [-0.25, -0.2) is 0 Å². The van der Waals surface area contributed by atoms with Gasteiger partial charge >= 0.3 is 0 Å². The van der Waals surface area contributed by atoms with Crippen LogP contribution < -0.4 is 10.6 Å². The lowest BCUT2D eigenvalue weighted by molar-refractivity contribution is -0.139. The number of rotatable bonds is 10. The van der Waals surface area contributed by atoms with Crippen molar-refractivity contribution in [2.45, 2.75) is 58.3 Å². The second-order valence-corrected chi connectivity index (χ2v) is 9.37. The molecule has 3 aliphatic rings. The van der Waals surface area contributed by atoms with Crippen LogP contribution >= 0.6 is 0 Å². The normalized spacial score (nSPS) is 22.7. The molecule has 30 heavy (non-hydrogen) atoms. The number of carbonyl (C=O) groups is 1. The molecule has 172 valence electrons. The van der Waals surface area contributed by atoms with E-state index in [4.69, 9.17) is 9.73 Å². The molecule has 2 saturated carbocycles. The van der Waals surface area contributed by atoms with Gasteiger partial charge in [0, 0.05) is 72.0 Å². The molecule has 1 saturated heterocycles. The van der Waals surface area contributed by atoms with Crippen molar-refractivity contribution < 1.29 is 9.53 Å². The van der Waals surface area contributed by atoms with E-state index in [0.717, 1.165) is 84.2 Å². The maximum absolute atomic E-state index is 12.4. The van der Waals surface area contributed by atoms with E-state index in [2.05, 4.69) is 27.4 Å². The van der Waals surface area contributed by atoms with E-state index in [-0.39, 0.29) is 0 Å². The molecule has 2 N–H and O–H groups in total. The topological polar surface area (TPSA) is 69.2 Å². The summed E-state index contributed by atoms with van der Waals surface area (Å²) in [7, 11) is 1.79. The van der Waals surface area contributed by atoms with Crippen LogP contribution in [0.1, 0.15) is 58.3 Å². The number of hydrogen-bond acceptors (Lipinski definition) is 4. The smallest absolute Gasteiger partial charge is 0.225 e. The molecule has 2 aliphatic carbocycles. The fraction of sp³-hybridized carbons (Fsp3) is 0.913.